The minimum absolute atomic E-state index is 0.804. The number of nitrogens with zero attached hydrogens (tertiary/aromatic N) is 2. The van der Waals surface area contributed by atoms with Gasteiger partial charge in [-0.15, -0.1) is 0 Å². The largest absolute Gasteiger partial charge is 0.493 e. The maximum absolute atomic E-state index is 5.31. The quantitative estimate of drug-likeness (QED) is 0.714. The summed E-state index contributed by atoms with van der Waals surface area (Å²) >= 11 is 0. The molecule has 0 saturated heterocycles. The summed E-state index contributed by atoms with van der Waals surface area (Å²) in [4.78, 5) is 0. The molecule has 1 aromatic rings. The lowest BCUT2D eigenvalue weighted by Gasteiger charge is -2.07. The molecule has 1 aliphatic rings. The van der Waals surface area contributed by atoms with Gasteiger partial charge in [-0.1, -0.05) is 0 Å². The van der Waals surface area contributed by atoms with Crippen molar-refractivity contribution in [3.05, 3.63) is 11.9 Å². The number of hydrogen-bond donors (Lipinski definition) is 1. The summed E-state index contributed by atoms with van der Waals surface area (Å²) in [6.45, 7) is 4.12. The van der Waals surface area contributed by atoms with Crippen LogP contribution in [0.5, 0.6) is 5.75 Å². The Hall–Kier alpha value is -1.03. The van der Waals surface area contributed by atoms with E-state index in [-0.39, 0.29) is 0 Å². The van der Waals surface area contributed by atoms with Crippen LogP contribution in [0.2, 0.25) is 0 Å². The molecule has 0 unspecified atom stereocenters. The number of ether oxygens (including phenoxy) is 1. The molecular weight excluding hydrogens is 202 g/mol. The third-order valence-corrected chi connectivity index (χ3v) is 3.03. The van der Waals surface area contributed by atoms with Crippen molar-refractivity contribution < 1.29 is 4.74 Å². The van der Waals surface area contributed by atoms with Crippen molar-refractivity contribution in [3.8, 4) is 5.75 Å². The Morgan fingerprint density at radius 3 is 3.00 bits per heavy atom. The van der Waals surface area contributed by atoms with Gasteiger partial charge in [-0.25, -0.2) is 0 Å². The predicted molar refractivity (Wildman–Crippen MR) is 63.8 cm³/mol. The molecule has 4 heteroatoms. The van der Waals surface area contributed by atoms with E-state index in [1.807, 2.05) is 10.9 Å². The van der Waals surface area contributed by atoms with Crippen LogP contribution in [-0.4, -0.2) is 29.5 Å². The highest BCUT2D eigenvalue weighted by Crippen LogP contribution is 2.20. The molecule has 0 amide bonds. The summed E-state index contributed by atoms with van der Waals surface area (Å²) in [6, 6.07) is 0.804. The first-order valence-corrected chi connectivity index (χ1v) is 6.17. The second kappa shape index (κ2) is 5.34. The number of hydrogen-bond acceptors (Lipinski definition) is 3. The van der Waals surface area contributed by atoms with Crippen molar-refractivity contribution in [2.75, 3.05) is 13.7 Å². The smallest absolute Gasteiger partial charge is 0.159 e. The second-order valence-electron chi connectivity index (χ2n) is 4.31. The molecule has 1 aromatic heterocycles. The Balaban J connectivity index is 1.82. The van der Waals surface area contributed by atoms with Gasteiger partial charge in [0.25, 0.3) is 0 Å². The molecule has 0 spiro atoms. The molecule has 0 bridgehead atoms. The second-order valence-corrected chi connectivity index (χ2v) is 4.31. The highest BCUT2D eigenvalue weighted by molar-refractivity contribution is 5.25. The normalized spacial score (nSPS) is 15.4. The Bertz CT molecular complexity index is 310. The van der Waals surface area contributed by atoms with Gasteiger partial charge < -0.3 is 10.1 Å². The van der Waals surface area contributed by atoms with Gasteiger partial charge in [0, 0.05) is 12.6 Å². The Kier molecular flexibility index (Phi) is 3.83. The Morgan fingerprint density at radius 2 is 2.38 bits per heavy atom. The highest BCUT2D eigenvalue weighted by Gasteiger charge is 2.19. The van der Waals surface area contributed by atoms with E-state index in [0.717, 1.165) is 37.7 Å². The first-order valence-electron chi connectivity index (χ1n) is 6.17. The van der Waals surface area contributed by atoms with E-state index < -0.39 is 0 Å². The zero-order valence-corrected chi connectivity index (χ0v) is 10.2. The number of nitrogens with one attached hydrogen (secondary N) is 1. The summed E-state index contributed by atoms with van der Waals surface area (Å²) in [6.07, 6.45) is 6.72. The van der Waals surface area contributed by atoms with Crippen molar-refractivity contribution in [2.45, 2.75) is 45.2 Å². The molecule has 0 radical (unpaired) electrons. The van der Waals surface area contributed by atoms with E-state index in [2.05, 4.69) is 17.3 Å². The van der Waals surface area contributed by atoms with Gasteiger partial charge >= 0.3 is 0 Å². The van der Waals surface area contributed by atoms with E-state index in [1.54, 1.807) is 7.11 Å². The summed E-state index contributed by atoms with van der Waals surface area (Å²) in [5.74, 6) is 0.924. The van der Waals surface area contributed by atoms with Gasteiger partial charge in [-0.2, -0.15) is 5.10 Å². The van der Waals surface area contributed by atoms with Crippen molar-refractivity contribution >= 4 is 0 Å². The maximum atomic E-state index is 5.31. The van der Waals surface area contributed by atoms with Crippen molar-refractivity contribution in [1.82, 2.24) is 15.1 Å². The van der Waals surface area contributed by atoms with Crippen LogP contribution in [0.15, 0.2) is 6.20 Å². The van der Waals surface area contributed by atoms with E-state index in [1.165, 1.54) is 18.5 Å². The highest BCUT2D eigenvalue weighted by atomic mass is 16.5. The number of aryl methyl sites for hydroxylation is 1. The van der Waals surface area contributed by atoms with Gasteiger partial charge in [0.2, 0.25) is 0 Å². The lowest BCUT2D eigenvalue weighted by molar-refractivity contribution is 0.406. The molecule has 1 N–H and O–H groups in total. The van der Waals surface area contributed by atoms with E-state index in [9.17, 15) is 0 Å². The fourth-order valence-electron chi connectivity index (χ4n) is 1.94. The topological polar surface area (TPSA) is 39.1 Å². The minimum Gasteiger partial charge on any atom is -0.493 e. The lowest BCUT2D eigenvalue weighted by Crippen LogP contribution is -2.18. The predicted octanol–water partition coefficient (Wildman–Crippen LogP) is 1.60. The zero-order valence-electron chi connectivity index (χ0n) is 10.2. The van der Waals surface area contributed by atoms with E-state index in [4.69, 9.17) is 4.74 Å². The van der Waals surface area contributed by atoms with Crippen molar-refractivity contribution in [2.24, 2.45) is 0 Å². The summed E-state index contributed by atoms with van der Waals surface area (Å²) < 4.78 is 7.34. The fraction of sp³-hybridized carbons (Fsp3) is 0.750. The molecule has 1 aliphatic carbocycles. The molecule has 0 aromatic carbocycles. The van der Waals surface area contributed by atoms with Crippen molar-refractivity contribution in [1.29, 1.82) is 0 Å². The molecule has 2 rings (SSSR count). The van der Waals surface area contributed by atoms with Gasteiger partial charge in [0.05, 0.1) is 19.0 Å². The molecule has 1 saturated carbocycles. The van der Waals surface area contributed by atoms with Crippen LogP contribution in [-0.2, 0) is 13.0 Å². The number of rotatable bonds is 7. The van der Waals surface area contributed by atoms with Crippen LogP contribution in [0.4, 0.5) is 0 Å². The van der Waals surface area contributed by atoms with Crippen LogP contribution < -0.4 is 10.1 Å². The third-order valence-electron chi connectivity index (χ3n) is 3.03. The summed E-state index contributed by atoms with van der Waals surface area (Å²) in [7, 11) is 1.71. The molecular formula is C12H21N3O. The first-order chi connectivity index (χ1) is 7.85. The van der Waals surface area contributed by atoms with E-state index in [0.29, 0.717) is 0 Å². The lowest BCUT2D eigenvalue weighted by atomic mass is 10.2. The third kappa shape index (κ3) is 2.76. The SMILES string of the molecule is CCn1ncc(OC)c1CCCNC1CC1. The molecule has 0 aliphatic heterocycles. The van der Waals surface area contributed by atoms with E-state index >= 15 is 0 Å². The standard InChI is InChI=1S/C12H21N3O/c1-3-15-11(12(16-2)9-14-15)5-4-8-13-10-6-7-10/h9-10,13H,3-8H2,1-2H3. The van der Waals surface area contributed by atoms with Gasteiger partial charge in [-0.05, 0) is 39.2 Å². The van der Waals surface area contributed by atoms with Crippen LogP contribution >= 0.6 is 0 Å². The van der Waals surface area contributed by atoms with Gasteiger partial charge in [-0.3, -0.25) is 4.68 Å². The summed E-state index contributed by atoms with van der Waals surface area (Å²) in [5, 5.41) is 7.83. The van der Waals surface area contributed by atoms with Crippen LogP contribution in [0.1, 0.15) is 31.9 Å². The maximum Gasteiger partial charge on any atom is 0.159 e. The summed E-state index contributed by atoms with van der Waals surface area (Å²) in [5.41, 5.74) is 1.22. The number of methoxy groups -OCH3 is 1. The average Bonchev–Trinajstić information content (AvgIpc) is 3.04. The molecule has 4 nitrogen and oxygen atoms in total. The zero-order chi connectivity index (χ0) is 11.4. The van der Waals surface area contributed by atoms with Crippen LogP contribution in [0.25, 0.3) is 0 Å². The molecule has 0 atom stereocenters. The average molecular weight is 223 g/mol. The molecule has 1 heterocycles. The minimum atomic E-state index is 0.804. The molecule has 90 valence electrons. The molecule has 16 heavy (non-hydrogen) atoms. The fourth-order valence-corrected chi connectivity index (χ4v) is 1.94. The Labute approximate surface area is 97.0 Å². The first kappa shape index (κ1) is 11.5. The monoisotopic (exact) mass is 223 g/mol. The Morgan fingerprint density at radius 1 is 1.56 bits per heavy atom. The number of aromatic nitrogens is 2. The van der Waals surface area contributed by atoms with Crippen LogP contribution in [0, 0.1) is 0 Å². The molecule has 1 fully saturated rings. The van der Waals surface area contributed by atoms with Crippen LogP contribution in [0.3, 0.4) is 0 Å². The van der Waals surface area contributed by atoms with Gasteiger partial charge in [0.15, 0.2) is 5.75 Å². The van der Waals surface area contributed by atoms with Gasteiger partial charge in [0.1, 0.15) is 0 Å². The van der Waals surface area contributed by atoms with Crippen molar-refractivity contribution in [3.63, 3.8) is 0 Å².